The number of thioether (sulfide) groups is 2. The van der Waals surface area contributed by atoms with Gasteiger partial charge in [0.15, 0.2) is 0 Å². The molecule has 1 heterocycles. The van der Waals surface area contributed by atoms with Crippen LogP contribution in [0.4, 0.5) is 0 Å². The van der Waals surface area contributed by atoms with Crippen molar-refractivity contribution in [1.82, 2.24) is 0 Å². The molecule has 0 radical (unpaired) electrons. The Morgan fingerprint density at radius 1 is 1.22 bits per heavy atom. The predicted octanol–water partition coefficient (Wildman–Crippen LogP) is 4.02. The molecule has 0 unspecified atom stereocenters. The Morgan fingerprint density at radius 2 is 2.00 bits per heavy atom. The summed E-state index contributed by atoms with van der Waals surface area (Å²) in [6, 6.07) is 14.0. The van der Waals surface area contributed by atoms with Crippen LogP contribution >= 0.6 is 23.5 Å². The van der Waals surface area contributed by atoms with Crippen molar-refractivity contribution in [3.8, 4) is 0 Å². The molecule has 2 aromatic rings. The summed E-state index contributed by atoms with van der Waals surface area (Å²) in [5, 5.41) is 10.8. The highest BCUT2D eigenvalue weighted by Gasteiger charge is 2.22. The van der Waals surface area contributed by atoms with Crippen molar-refractivity contribution < 1.29 is 14.7 Å². The number of carbonyl (C=O) groups is 2. The number of aliphatic carboxylic acids is 1. The van der Waals surface area contributed by atoms with Crippen molar-refractivity contribution in [2.24, 2.45) is 4.99 Å². The number of hydrogen-bond acceptors (Lipinski definition) is 5. The molecule has 3 rings (SSSR count). The van der Waals surface area contributed by atoms with E-state index in [1.54, 1.807) is 6.08 Å². The Bertz CT molecular complexity index is 843. The molecular formula is C17H13NO3S2. The molecule has 23 heavy (non-hydrogen) atoms. The number of nitrogens with zero attached hydrogens (tertiary/aromatic N) is 1. The van der Waals surface area contributed by atoms with E-state index in [0.717, 1.165) is 28.1 Å². The minimum atomic E-state index is -0.848. The second-order valence-corrected chi connectivity index (χ2v) is 7.20. The molecule has 6 heteroatoms. The number of fused-ring (bicyclic) bond motifs is 1. The number of aliphatic imine (C=N–C) groups is 1. The fourth-order valence-corrected chi connectivity index (χ4v) is 3.97. The number of hydrogen-bond donors (Lipinski definition) is 1. The van der Waals surface area contributed by atoms with Crippen LogP contribution in [0.25, 0.3) is 16.8 Å². The van der Waals surface area contributed by atoms with Gasteiger partial charge in [0.2, 0.25) is 5.12 Å². The molecule has 0 bridgehead atoms. The average Bonchev–Trinajstić information content (AvgIpc) is 2.87. The van der Waals surface area contributed by atoms with Gasteiger partial charge < -0.3 is 5.11 Å². The fraction of sp³-hybridized carbons (Fsp3) is 0.118. The molecule has 0 saturated carbocycles. The molecule has 1 aliphatic rings. The lowest BCUT2D eigenvalue weighted by Gasteiger charge is -1.99. The predicted molar refractivity (Wildman–Crippen MR) is 96.7 cm³/mol. The van der Waals surface area contributed by atoms with Crippen LogP contribution in [0.15, 0.2) is 53.2 Å². The maximum atomic E-state index is 12.0. The van der Waals surface area contributed by atoms with Gasteiger partial charge in [-0.05, 0) is 40.2 Å². The molecule has 0 atom stereocenters. The first-order valence-electron chi connectivity index (χ1n) is 6.98. The summed E-state index contributed by atoms with van der Waals surface area (Å²) in [7, 11) is 0. The van der Waals surface area contributed by atoms with E-state index in [0.29, 0.717) is 15.8 Å². The SMILES string of the molecule is O=C(O)CCSC1=NC(=Cc2ccc3ccccc3c2)C(=O)S1. The Balaban J connectivity index is 1.78. The Kier molecular flexibility index (Phi) is 4.83. The summed E-state index contributed by atoms with van der Waals surface area (Å²) in [5.41, 5.74) is 1.33. The standard InChI is InChI=1S/C17H13NO3S2/c19-15(20)7-8-22-17-18-14(16(21)23-17)10-11-5-6-12-3-1-2-4-13(12)9-11/h1-6,9-10H,7-8H2,(H,19,20). The third-order valence-corrected chi connectivity index (χ3v) is 5.23. The van der Waals surface area contributed by atoms with E-state index in [-0.39, 0.29) is 11.5 Å². The Hall–Kier alpha value is -2.05. The van der Waals surface area contributed by atoms with Crippen LogP contribution in [0.3, 0.4) is 0 Å². The van der Waals surface area contributed by atoms with Crippen molar-refractivity contribution in [2.45, 2.75) is 6.42 Å². The van der Waals surface area contributed by atoms with Crippen LogP contribution in [0.1, 0.15) is 12.0 Å². The minimum Gasteiger partial charge on any atom is -0.481 e. The molecule has 0 aliphatic carbocycles. The third kappa shape index (κ3) is 4.03. The van der Waals surface area contributed by atoms with Gasteiger partial charge in [0.25, 0.3) is 0 Å². The minimum absolute atomic E-state index is 0.0577. The van der Waals surface area contributed by atoms with Gasteiger partial charge in [-0.1, -0.05) is 48.2 Å². The lowest BCUT2D eigenvalue weighted by molar-refractivity contribution is -0.136. The van der Waals surface area contributed by atoms with Crippen molar-refractivity contribution in [1.29, 1.82) is 0 Å². The Morgan fingerprint density at radius 3 is 2.78 bits per heavy atom. The van der Waals surface area contributed by atoms with Crippen molar-refractivity contribution >= 4 is 55.8 Å². The summed E-state index contributed by atoms with van der Waals surface area (Å²) in [6.07, 6.45) is 1.83. The maximum absolute atomic E-state index is 12.0. The van der Waals surface area contributed by atoms with Gasteiger partial charge in [0.1, 0.15) is 10.1 Å². The zero-order valence-corrected chi connectivity index (χ0v) is 13.7. The summed E-state index contributed by atoms with van der Waals surface area (Å²) in [6.45, 7) is 0. The lowest BCUT2D eigenvalue weighted by atomic mass is 10.1. The number of rotatable bonds is 4. The smallest absolute Gasteiger partial charge is 0.304 e. The van der Waals surface area contributed by atoms with Crippen LogP contribution in [-0.4, -0.2) is 26.3 Å². The topological polar surface area (TPSA) is 66.7 Å². The highest BCUT2D eigenvalue weighted by Crippen LogP contribution is 2.31. The molecule has 0 amide bonds. The first kappa shape index (κ1) is 15.8. The second kappa shape index (κ2) is 7.02. The normalized spacial score (nSPS) is 16.1. The van der Waals surface area contributed by atoms with Gasteiger partial charge in [-0.25, -0.2) is 4.99 Å². The molecule has 1 aliphatic heterocycles. The van der Waals surface area contributed by atoms with E-state index < -0.39 is 5.97 Å². The van der Waals surface area contributed by atoms with E-state index in [9.17, 15) is 9.59 Å². The third-order valence-electron chi connectivity index (χ3n) is 3.22. The summed E-state index contributed by atoms with van der Waals surface area (Å²) >= 11 is 2.36. The second-order valence-electron chi connectivity index (χ2n) is 4.90. The molecule has 0 aromatic heterocycles. The van der Waals surface area contributed by atoms with E-state index in [4.69, 9.17) is 5.11 Å². The molecule has 1 N–H and O–H groups in total. The molecule has 2 aromatic carbocycles. The highest BCUT2D eigenvalue weighted by molar-refractivity contribution is 8.45. The Labute approximate surface area is 141 Å². The zero-order valence-electron chi connectivity index (χ0n) is 12.1. The molecule has 0 saturated heterocycles. The van der Waals surface area contributed by atoms with Gasteiger partial charge in [0, 0.05) is 5.75 Å². The van der Waals surface area contributed by atoms with Crippen LogP contribution in [0, 0.1) is 0 Å². The number of benzene rings is 2. The van der Waals surface area contributed by atoms with Gasteiger partial charge in [-0.2, -0.15) is 0 Å². The molecule has 116 valence electrons. The van der Waals surface area contributed by atoms with E-state index in [2.05, 4.69) is 4.99 Å². The number of carboxylic acid groups (broad SMARTS) is 1. The molecular weight excluding hydrogens is 330 g/mol. The van der Waals surface area contributed by atoms with Gasteiger partial charge >= 0.3 is 5.97 Å². The van der Waals surface area contributed by atoms with Crippen LogP contribution in [0.5, 0.6) is 0 Å². The molecule has 0 fully saturated rings. The van der Waals surface area contributed by atoms with Crippen LogP contribution < -0.4 is 0 Å². The summed E-state index contributed by atoms with van der Waals surface area (Å²) in [5.74, 6) is -0.433. The van der Waals surface area contributed by atoms with E-state index >= 15 is 0 Å². The van der Waals surface area contributed by atoms with Gasteiger partial charge in [0.05, 0.1) is 6.42 Å². The van der Waals surface area contributed by atoms with Crippen LogP contribution in [-0.2, 0) is 9.59 Å². The summed E-state index contributed by atoms with van der Waals surface area (Å²) in [4.78, 5) is 26.8. The van der Waals surface area contributed by atoms with Crippen LogP contribution in [0.2, 0.25) is 0 Å². The van der Waals surface area contributed by atoms with Gasteiger partial charge in [-0.15, -0.1) is 0 Å². The number of carbonyl (C=O) groups excluding carboxylic acids is 1. The van der Waals surface area contributed by atoms with E-state index in [1.807, 2.05) is 42.5 Å². The molecule has 0 spiro atoms. The first-order chi connectivity index (χ1) is 11.1. The largest absolute Gasteiger partial charge is 0.481 e. The zero-order chi connectivity index (χ0) is 16.2. The van der Waals surface area contributed by atoms with Crippen molar-refractivity contribution in [3.63, 3.8) is 0 Å². The van der Waals surface area contributed by atoms with E-state index in [1.165, 1.54) is 11.8 Å². The quantitative estimate of drug-likeness (QED) is 0.849. The van der Waals surface area contributed by atoms with Crippen molar-refractivity contribution in [2.75, 3.05) is 5.75 Å². The summed E-state index contributed by atoms with van der Waals surface area (Å²) < 4.78 is 0.614. The lowest BCUT2D eigenvalue weighted by Crippen LogP contribution is -1.97. The monoisotopic (exact) mass is 343 g/mol. The van der Waals surface area contributed by atoms with Crippen molar-refractivity contribution in [3.05, 3.63) is 53.7 Å². The first-order valence-corrected chi connectivity index (χ1v) is 8.78. The highest BCUT2D eigenvalue weighted by atomic mass is 32.2. The fourth-order valence-electron chi connectivity index (χ4n) is 2.13. The average molecular weight is 343 g/mol. The molecule has 4 nitrogen and oxygen atoms in total. The number of carboxylic acids is 1. The maximum Gasteiger partial charge on any atom is 0.304 e. The van der Waals surface area contributed by atoms with Gasteiger partial charge in [-0.3, -0.25) is 9.59 Å².